The molecule has 8 heteroatoms. The van der Waals surface area contributed by atoms with E-state index in [1.54, 1.807) is 0 Å². The number of likely N-dealkylation sites (tertiary alicyclic amines) is 1. The molecule has 122 valence electrons. The Morgan fingerprint density at radius 1 is 1.14 bits per heavy atom. The summed E-state index contributed by atoms with van der Waals surface area (Å²) in [6, 6.07) is 0. The van der Waals surface area contributed by atoms with Gasteiger partial charge in [0, 0.05) is 19.5 Å². The third-order valence-corrected chi connectivity index (χ3v) is 6.56. The molecule has 1 saturated carbocycles. The van der Waals surface area contributed by atoms with Crippen molar-refractivity contribution < 1.29 is 23.1 Å². The van der Waals surface area contributed by atoms with Crippen molar-refractivity contribution in [2.45, 2.75) is 43.8 Å². The largest absolute Gasteiger partial charge is 0.481 e. The van der Waals surface area contributed by atoms with Gasteiger partial charge < -0.3 is 10.0 Å². The molecule has 1 unspecified atom stereocenters. The summed E-state index contributed by atoms with van der Waals surface area (Å²) in [4.78, 5) is 24.2. The van der Waals surface area contributed by atoms with Crippen LogP contribution in [-0.4, -0.2) is 54.4 Å². The molecule has 0 radical (unpaired) electrons. The normalized spacial score (nSPS) is 23.0. The van der Waals surface area contributed by atoms with Crippen LogP contribution in [0.4, 0.5) is 0 Å². The molecule has 1 N–H and O–H groups in total. The molecule has 1 atom stereocenters. The zero-order chi connectivity index (χ0) is 14.8. The van der Waals surface area contributed by atoms with Crippen LogP contribution in [-0.2, 0) is 19.4 Å². The molecular formula is C13H22ClNO5S. The van der Waals surface area contributed by atoms with Crippen molar-refractivity contribution in [3.05, 3.63) is 0 Å². The second-order valence-corrected chi connectivity index (χ2v) is 8.09. The number of carboxylic acids is 1. The quantitative estimate of drug-likeness (QED) is 0.809. The van der Waals surface area contributed by atoms with E-state index in [4.69, 9.17) is 5.11 Å². The number of rotatable bonds is 5. The number of carboxylic acid groups (broad SMARTS) is 1. The zero-order valence-electron chi connectivity index (χ0n) is 11.9. The van der Waals surface area contributed by atoms with Crippen molar-refractivity contribution in [3.8, 4) is 0 Å². The molecule has 0 aromatic rings. The average molecular weight is 340 g/mol. The maximum absolute atomic E-state index is 12.1. The number of hydrogen-bond donors (Lipinski definition) is 1. The lowest BCUT2D eigenvalue weighted by Gasteiger charge is -2.17. The van der Waals surface area contributed by atoms with E-state index in [0.717, 1.165) is 12.8 Å². The molecule has 1 aliphatic heterocycles. The van der Waals surface area contributed by atoms with Crippen molar-refractivity contribution in [1.82, 2.24) is 4.90 Å². The van der Waals surface area contributed by atoms with E-state index in [2.05, 4.69) is 0 Å². The number of halogens is 1. The van der Waals surface area contributed by atoms with Crippen molar-refractivity contribution in [2.24, 2.45) is 5.92 Å². The van der Waals surface area contributed by atoms with Gasteiger partial charge in [-0.1, -0.05) is 12.8 Å². The highest BCUT2D eigenvalue weighted by Crippen LogP contribution is 2.26. The summed E-state index contributed by atoms with van der Waals surface area (Å²) in [7, 11) is -3.18. The van der Waals surface area contributed by atoms with Crippen LogP contribution in [0.3, 0.4) is 0 Å². The topological polar surface area (TPSA) is 91.8 Å². The Morgan fingerprint density at radius 2 is 1.76 bits per heavy atom. The molecule has 2 aliphatic rings. The highest BCUT2D eigenvalue weighted by atomic mass is 35.5. The first-order valence-corrected chi connectivity index (χ1v) is 8.84. The number of sulfone groups is 1. The average Bonchev–Trinajstić information content (AvgIpc) is 3.06. The third-order valence-electron chi connectivity index (χ3n) is 4.30. The van der Waals surface area contributed by atoms with Gasteiger partial charge in [-0.15, -0.1) is 12.4 Å². The second kappa shape index (κ2) is 7.45. The lowest BCUT2D eigenvalue weighted by molar-refractivity contribution is -0.141. The molecular weight excluding hydrogens is 318 g/mol. The molecule has 21 heavy (non-hydrogen) atoms. The first kappa shape index (κ1) is 18.2. The maximum Gasteiger partial charge on any atom is 0.308 e. The van der Waals surface area contributed by atoms with Crippen LogP contribution < -0.4 is 0 Å². The van der Waals surface area contributed by atoms with Gasteiger partial charge in [0.15, 0.2) is 9.84 Å². The van der Waals surface area contributed by atoms with Crippen molar-refractivity contribution in [2.75, 3.05) is 18.8 Å². The monoisotopic (exact) mass is 339 g/mol. The van der Waals surface area contributed by atoms with Gasteiger partial charge >= 0.3 is 5.97 Å². The minimum absolute atomic E-state index is 0. The maximum atomic E-state index is 12.1. The Hall–Kier alpha value is -0.820. The van der Waals surface area contributed by atoms with Gasteiger partial charge in [0.2, 0.25) is 5.91 Å². The summed E-state index contributed by atoms with van der Waals surface area (Å²) in [6.07, 6.45) is 3.75. The lowest BCUT2D eigenvalue weighted by atomic mass is 10.1. The number of nitrogens with zero attached hydrogens (tertiary/aromatic N) is 1. The van der Waals surface area contributed by atoms with Crippen LogP contribution in [0.5, 0.6) is 0 Å². The molecule has 1 amide bonds. The Kier molecular flexibility index (Phi) is 6.46. The molecule has 1 aliphatic carbocycles. The highest BCUT2D eigenvalue weighted by molar-refractivity contribution is 7.92. The second-order valence-electron chi connectivity index (χ2n) is 5.69. The van der Waals surface area contributed by atoms with E-state index in [9.17, 15) is 18.0 Å². The highest BCUT2D eigenvalue weighted by Gasteiger charge is 2.33. The Balaban J connectivity index is 0.00000220. The van der Waals surface area contributed by atoms with Crippen molar-refractivity contribution in [1.29, 1.82) is 0 Å². The van der Waals surface area contributed by atoms with Gasteiger partial charge in [-0.25, -0.2) is 8.42 Å². The standard InChI is InChI=1S/C13H21NO5S.ClH/c15-12(14-7-5-10(9-14)13(16)17)6-8-20(18,19)11-3-1-2-4-11;/h10-11H,1-9H2,(H,16,17);1H. The molecule has 0 aromatic carbocycles. The molecule has 0 spiro atoms. The van der Waals surface area contributed by atoms with Crippen molar-refractivity contribution in [3.63, 3.8) is 0 Å². The van der Waals surface area contributed by atoms with E-state index in [-0.39, 0.29) is 42.3 Å². The summed E-state index contributed by atoms with van der Waals surface area (Å²) in [5.74, 6) is -1.75. The fourth-order valence-electron chi connectivity index (χ4n) is 2.99. The van der Waals surface area contributed by atoms with Crippen LogP contribution in [0.1, 0.15) is 38.5 Å². The number of hydrogen-bond acceptors (Lipinski definition) is 4. The summed E-state index contributed by atoms with van der Waals surface area (Å²) in [6.45, 7) is 0.622. The number of carbonyl (C=O) groups excluding carboxylic acids is 1. The van der Waals surface area contributed by atoms with Gasteiger partial charge in [0.1, 0.15) is 0 Å². The van der Waals surface area contributed by atoms with Crippen LogP contribution in [0.2, 0.25) is 0 Å². The fraction of sp³-hybridized carbons (Fsp3) is 0.846. The molecule has 1 heterocycles. The summed E-state index contributed by atoms with van der Waals surface area (Å²) in [5, 5.41) is 8.60. The first-order chi connectivity index (χ1) is 9.40. The Morgan fingerprint density at radius 3 is 2.29 bits per heavy atom. The predicted molar refractivity (Wildman–Crippen MR) is 80.2 cm³/mol. The minimum atomic E-state index is -3.18. The fourth-order valence-corrected chi connectivity index (χ4v) is 4.83. The molecule has 2 fully saturated rings. The predicted octanol–water partition coefficient (Wildman–Crippen LogP) is 1.09. The van der Waals surface area contributed by atoms with Gasteiger partial charge in [-0.05, 0) is 19.3 Å². The van der Waals surface area contributed by atoms with Gasteiger partial charge in [-0.3, -0.25) is 9.59 Å². The molecule has 6 nitrogen and oxygen atoms in total. The summed E-state index contributed by atoms with van der Waals surface area (Å²) >= 11 is 0. The molecule has 2 rings (SSSR count). The van der Waals surface area contributed by atoms with Crippen LogP contribution >= 0.6 is 12.4 Å². The van der Waals surface area contributed by atoms with E-state index < -0.39 is 21.7 Å². The van der Waals surface area contributed by atoms with Gasteiger partial charge in [0.25, 0.3) is 0 Å². The van der Waals surface area contributed by atoms with Crippen LogP contribution in [0.25, 0.3) is 0 Å². The van der Waals surface area contributed by atoms with E-state index in [1.165, 1.54) is 4.90 Å². The number of amides is 1. The Labute approximate surface area is 131 Å². The van der Waals surface area contributed by atoms with E-state index >= 15 is 0 Å². The van der Waals surface area contributed by atoms with Crippen molar-refractivity contribution >= 4 is 34.1 Å². The Bertz CT molecular complexity index is 487. The zero-order valence-corrected chi connectivity index (χ0v) is 13.5. The SMILES string of the molecule is Cl.O=C(O)C1CCN(C(=O)CCS(=O)(=O)C2CCCC2)C1. The molecule has 1 saturated heterocycles. The smallest absolute Gasteiger partial charge is 0.308 e. The first-order valence-electron chi connectivity index (χ1n) is 7.12. The number of aliphatic carboxylic acids is 1. The third kappa shape index (κ3) is 4.57. The minimum Gasteiger partial charge on any atom is -0.481 e. The lowest BCUT2D eigenvalue weighted by Crippen LogP contribution is -2.32. The summed E-state index contributed by atoms with van der Waals surface area (Å²) in [5.41, 5.74) is 0. The molecule has 0 bridgehead atoms. The van der Waals surface area contributed by atoms with Gasteiger partial charge in [-0.2, -0.15) is 0 Å². The summed E-state index contributed by atoms with van der Waals surface area (Å²) < 4.78 is 24.1. The van der Waals surface area contributed by atoms with Crippen LogP contribution in [0.15, 0.2) is 0 Å². The number of carbonyl (C=O) groups is 2. The van der Waals surface area contributed by atoms with Gasteiger partial charge in [0.05, 0.1) is 16.9 Å². The van der Waals surface area contributed by atoms with Crippen LogP contribution in [0, 0.1) is 5.92 Å². The van der Waals surface area contributed by atoms with E-state index in [0.29, 0.717) is 25.8 Å². The molecule has 0 aromatic heterocycles. The van der Waals surface area contributed by atoms with E-state index in [1.807, 2.05) is 0 Å².